The lowest BCUT2D eigenvalue weighted by molar-refractivity contribution is -0.133. The summed E-state index contributed by atoms with van der Waals surface area (Å²) in [6.07, 6.45) is 0. The van der Waals surface area contributed by atoms with Gasteiger partial charge >= 0.3 is 0 Å². The number of carbonyl (C=O) groups excluding carboxylic acids is 1. The second kappa shape index (κ2) is 9.86. The molecule has 9 nitrogen and oxygen atoms in total. The fourth-order valence-corrected chi connectivity index (χ4v) is 3.92. The molecule has 3 heterocycles. The standard InChI is InChI=1S/C25H26N4O5/c1-2-31-19-4-6-20(7-5-19)32-16-25(30)29-13-11-28(12-14-29)24-10-8-21(26-27-24)18-3-9-22-23(15-18)34-17-33-22/h3-10,15H,2,11-14,16-17H2,1H3. The van der Waals surface area contributed by atoms with Crippen molar-refractivity contribution < 1.29 is 23.7 Å². The summed E-state index contributed by atoms with van der Waals surface area (Å²) in [6.45, 7) is 5.39. The van der Waals surface area contributed by atoms with Crippen LogP contribution in [0.1, 0.15) is 6.92 Å². The minimum Gasteiger partial charge on any atom is -0.494 e. The molecule has 0 N–H and O–H groups in total. The van der Waals surface area contributed by atoms with E-state index in [1.54, 1.807) is 0 Å². The molecule has 1 aromatic heterocycles. The third-order valence-corrected chi connectivity index (χ3v) is 5.77. The van der Waals surface area contributed by atoms with Gasteiger partial charge in [-0.1, -0.05) is 0 Å². The molecule has 2 aromatic carbocycles. The predicted molar refractivity (Wildman–Crippen MR) is 125 cm³/mol. The van der Waals surface area contributed by atoms with Crippen LogP contribution in [0.3, 0.4) is 0 Å². The van der Waals surface area contributed by atoms with Crippen LogP contribution in [0.2, 0.25) is 0 Å². The Labute approximate surface area is 197 Å². The van der Waals surface area contributed by atoms with Crippen LogP contribution in [0.15, 0.2) is 54.6 Å². The Balaban J connectivity index is 1.12. The summed E-state index contributed by atoms with van der Waals surface area (Å²) in [5.41, 5.74) is 1.69. The number of carbonyl (C=O) groups is 1. The van der Waals surface area contributed by atoms with Crippen LogP contribution in [0.4, 0.5) is 5.82 Å². The lowest BCUT2D eigenvalue weighted by Gasteiger charge is -2.35. The molecular weight excluding hydrogens is 436 g/mol. The lowest BCUT2D eigenvalue weighted by atomic mass is 10.1. The SMILES string of the molecule is CCOc1ccc(OCC(=O)N2CCN(c3ccc(-c4ccc5c(c4)OCO5)nn3)CC2)cc1. The Kier molecular flexibility index (Phi) is 6.33. The van der Waals surface area contributed by atoms with E-state index in [4.69, 9.17) is 18.9 Å². The van der Waals surface area contributed by atoms with E-state index in [0.717, 1.165) is 34.3 Å². The molecule has 0 unspecified atom stereocenters. The highest BCUT2D eigenvalue weighted by molar-refractivity contribution is 5.78. The Morgan fingerprint density at radius 2 is 1.62 bits per heavy atom. The number of hydrogen-bond acceptors (Lipinski definition) is 8. The molecule has 0 radical (unpaired) electrons. The molecule has 176 valence electrons. The zero-order valence-electron chi connectivity index (χ0n) is 19.0. The minimum absolute atomic E-state index is 0.0119. The monoisotopic (exact) mass is 462 g/mol. The normalized spacial score (nSPS) is 14.7. The number of anilines is 1. The van der Waals surface area contributed by atoms with Gasteiger partial charge in [-0.2, -0.15) is 0 Å². The second-order valence-corrected chi connectivity index (χ2v) is 7.91. The average Bonchev–Trinajstić information content (AvgIpc) is 3.37. The molecule has 1 amide bonds. The van der Waals surface area contributed by atoms with Crippen LogP contribution in [0.25, 0.3) is 11.3 Å². The van der Waals surface area contributed by atoms with Gasteiger partial charge in [0.05, 0.1) is 12.3 Å². The fourth-order valence-electron chi connectivity index (χ4n) is 3.92. The number of amides is 1. The van der Waals surface area contributed by atoms with Crippen molar-refractivity contribution in [3.8, 4) is 34.3 Å². The minimum atomic E-state index is -0.0298. The van der Waals surface area contributed by atoms with Crippen molar-refractivity contribution in [2.45, 2.75) is 6.92 Å². The molecule has 0 aliphatic carbocycles. The van der Waals surface area contributed by atoms with Crippen LogP contribution < -0.4 is 23.8 Å². The topological polar surface area (TPSA) is 86.3 Å². The van der Waals surface area contributed by atoms with E-state index in [9.17, 15) is 4.79 Å². The summed E-state index contributed by atoms with van der Waals surface area (Å²) in [7, 11) is 0. The number of ether oxygens (including phenoxy) is 4. The number of rotatable bonds is 7. The van der Waals surface area contributed by atoms with Crippen LogP contribution in [-0.4, -0.2) is 67.2 Å². The van der Waals surface area contributed by atoms with Crippen molar-refractivity contribution >= 4 is 11.7 Å². The van der Waals surface area contributed by atoms with Gasteiger partial charge in [0.2, 0.25) is 6.79 Å². The summed E-state index contributed by atoms with van der Waals surface area (Å²) in [4.78, 5) is 16.5. The fraction of sp³-hybridized carbons (Fsp3) is 0.320. The number of nitrogens with zero attached hydrogens (tertiary/aromatic N) is 4. The average molecular weight is 463 g/mol. The van der Waals surface area contributed by atoms with Crippen LogP contribution >= 0.6 is 0 Å². The Morgan fingerprint density at radius 1 is 0.882 bits per heavy atom. The number of piperazine rings is 1. The van der Waals surface area contributed by atoms with Gasteiger partial charge in [-0.25, -0.2) is 0 Å². The highest BCUT2D eigenvalue weighted by Gasteiger charge is 2.23. The summed E-state index contributed by atoms with van der Waals surface area (Å²) >= 11 is 0. The van der Waals surface area contributed by atoms with E-state index in [0.29, 0.717) is 38.5 Å². The van der Waals surface area contributed by atoms with Gasteiger partial charge in [-0.05, 0) is 61.5 Å². The highest BCUT2D eigenvalue weighted by atomic mass is 16.7. The third kappa shape index (κ3) is 4.83. The van der Waals surface area contributed by atoms with E-state index in [-0.39, 0.29) is 19.3 Å². The smallest absolute Gasteiger partial charge is 0.260 e. The number of hydrogen-bond donors (Lipinski definition) is 0. The van der Waals surface area contributed by atoms with E-state index in [1.807, 2.05) is 66.4 Å². The number of fused-ring (bicyclic) bond motifs is 1. The summed E-state index contributed by atoms with van der Waals surface area (Å²) < 4.78 is 21.9. The Bertz CT molecular complexity index is 1130. The molecule has 34 heavy (non-hydrogen) atoms. The quantitative estimate of drug-likeness (QED) is 0.530. The molecule has 5 rings (SSSR count). The molecule has 0 saturated carbocycles. The van der Waals surface area contributed by atoms with Crippen molar-refractivity contribution in [1.29, 1.82) is 0 Å². The summed E-state index contributed by atoms with van der Waals surface area (Å²) in [6, 6.07) is 16.9. The zero-order chi connectivity index (χ0) is 23.3. The zero-order valence-corrected chi connectivity index (χ0v) is 19.0. The first-order chi connectivity index (χ1) is 16.7. The van der Waals surface area contributed by atoms with Crippen molar-refractivity contribution in [1.82, 2.24) is 15.1 Å². The van der Waals surface area contributed by atoms with Gasteiger partial charge in [0, 0.05) is 31.7 Å². The van der Waals surface area contributed by atoms with Gasteiger partial charge < -0.3 is 28.7 Å². The van der Waals surface area contributed by atoms with E-state index in [1.165, 1.54) is 0 Å². The molecular formula is C25H26N4O5. The summed E-state index contributed by atoms with van der Waals surface area (Å²) in [5, 5.41) is 8.79. The number of aromatic nitrogens is 2. The van der Waals surface area contributed by atoms with E-state index in [2.05, 4.69) is 15.1 Å². The predicted octanol–water partition coefficient (Wildman–Crippen LogP) is 3.00. The molecule has 2 aliphatic rings. The van der Waals surface area contributed by atoms with Crippen molar-refractivity contribution in [2.24, 2.45) is 0 Å². The van der Waals surface area contributed by atoms with Crippen LogP contribution in [0, 0.1) is 0 Å². The molecule has 1 saturated heterocycles. The molecule has 1 fully saturated rings. The maximum Gasteiger partial charge on any atom is 0.260 e. The van der Waals surface area contributed by atoms with E-state index < -0.39 is 0 Å². The first kappa shape index (κ1) is 21.8. The van der Waals surface area contributed by atoms with Gasteiger partial charge in [0.15, 0.2) is 23.9 Å². The van der Waals surface area contributed by atoms with Crippen molar-refractivity contribution in [3.05, 3.63) is 54.6 Å². The second-order valence-electron chi connectivity index (χ2n) is 7.91. The maximum atomic E-state index is 12.6. The molecule has 0 spiro atoms. The van der Waals surface area contributed by atoms with Gasteiger partial charge in [0.1, 0.15) is 11.5 Å². The van der Waals surface area contributed by atoms with Gasteiger partial charge in [-0.15, -0.1) is 10.2 Å². The van der Waals surface area contributed by atoms with Gasteiger partial charge in [0.25, 0.3) is 5.91 Å². The molecule has 0 atom stereocenters. The Hall–Kier alpha value is -4.01. The lowest BCUT2D eigenvalue weighted by Crippen LogP contribution is -2.50. The largest absolute Gasteiger partial charge is 0.494 e. The van der Waals surface area contributed by atoms with Crippen molar-refractivity contribution in [3.63, 3.8) is 0 Å². The molecule has 3 aromatic rings. The first-order valence-electron chi connectivity index (χ1n) is 11.3. The molecule has 2 aliphatic heterocycles. The third-order valence-electron chi connectivity index (χ3n) is 5.77. The maximum absolute atomic E-state index is 12.6. The molecule has 9 heteroatoms. The Morgan fingerprint density at radius 3 is 2.32 bits per heavy atom. The van der Waals surface area contributed by atoms with Crippen LogP contribution in [-0.2, 0) is 4.79 Å². The first-order valence-corrected chi connectivity index (χ1v) is 11.3. The number of benzene rings is 2. The van der Waals surface area contributed by atoms with Gasteiger partial charge in [-0.3, -0.25) is 4.79 Å². The van der Waals surface area contributed by atoms with Crippen molar-refractivity contribution in [2.75, 3.05) is 51.1 Å². The van der Waals surface area contributed by atoms with E-state index >= 15 is 0 Å². The highest BCUT2D eigenvalue weighted by Crippen LogP contribution is 2.35. The summed E-state index contributed by atoms with van der Waals surface area (Å²) in [5.74, 6) is 3.65. The van der Waals surface area contributed by atoms with Crippen LogP contribution in [0.5, 0.6) is 23.0 Å². The molecule has 0 bridgehead atoms.